The van der Waals surface area contributed by atoms with Gasteiger partial charge in [0, 0.05) is 86.7 Å². The van der Waals surface area contributed by atoms with Crippen LogP contribution < -0.4 is 19.2 Å². The van der Waals surface area contributed by atoms with Crippen LogP contribution in [-0.4, -0.2) is 144 Å². The molecule has 378 valence electrons. The predicted octanol–water partition coefficient (Wildman–Crippen LogP) is 7.51. The van der Waals surface area contributed by atoms with Crippen LogP contribution in [0.25, 0.3) is 11.3 Å². The number of aromatic nitrogens is 6. The molecule has 4 aliphatic rings. The second-order valence-corrected chi connectivity index (χ2v) is 23.5. The molecule has 2 N–H and O–H groups in total. The molecule has 0 unspecified atom stereocenters. The summed E-state index contributed by atoms with van der Waals surface area (Å²) in [7, 11) is -5.03. The number of carbonyl (C=O) groups excluding carboxylic acids is 2. The van der Waals surface area contributed by atoms with Gasteiger partial charge in [-0.25, -0.2) is 31.3 Å². The van der Waals surface area contributed by atoms with Crippen molar-refractivity contribution in [3.8, 4) is 0 Å². The lowest BCUT2D eigenvalue weighted by atomic mass is 9.98. The summed E-state index contributed by atoms with van der Waals surface area (Å²) >= 11 is 24.6. The van der Waals surface area contributed by atoms with Crippen molar-refractivity contribution in [3.05, 3.63) is 104 Å². The second-order valence-electron chi connectivity index (χ2n) is 18.3. The molecule has 0 spiro atoms. The Kier molecular flexibility index (Phi) is 14.8. The van der Waals surface area contributed by atoms with Gasteiger partial charge in [0.1, 0.15) is 21.9 Å². The average molecular weight is 1090 g/mol. The van der Waals surface area contributed by atoms with Crippen LogP contribution in [0.2, 0.25) is 20.4 Å². The quantitative estimate of drug-likeness (QED) is 0.128. The van der Waals surface area contributed by atoms with Crippen molar-refractivity contribution in [2.24, 2.45) is 0 Å². The van der Waals surface area contributed by atoms with Crippen LogP contribution in [0.5, 0.6) is 0 Å². The van der Waals surface area contributed by atoms with Crippen LogP contribution in [0.4, 0.5) is 23.0 Å². The van der Waals surface area contributed by atoms with Gasteiger partial charge in [-0.15, -0.1) is 0 Å². The van der Waals surface area contributed by atoms with Gasteiger partial charge >= 0.3 is 0 Å². The fourth-order valence-corrected chi connectivity index (χ4v) is 11.4. The van der Waals surface area contributed by atoms with Crippen LogP contribution >= 0.6 is 46.4 Å². The Bertz CT molecular complexity index is 3240. The predicted molar refractivity (Wildman–Crippen MR) is 278 cm³/mol. The number of sulfonamides is 2. The number of benzene rings is 2. The number of hydrogen-bond acceptors (Lipinski definition) is 13. The molecule has 0 aliphatic carbocycles. The van der Waals surface area contributed by atoms with Gasteiger partial charge in [-0.05, 0) is 88.4 Å². The molecule has 2 aromatic carbocycles. The number of likely N-dealkylation sites (tertiary alicyclic amines) is 2. The summed E-state index contributed by atoms with van der Waals surface area (Å²) in [4.78, 5) is 47.1. The Hall–Kier alpha value is -5.16. The molecule has 71 heavy (non-hydrogen) atoms. The molecule has 8 heterocycles. The SMILES string of the molecule is CN1CCN(c2cc(N3CCC3)nc3cc([C@@H]4CCCCN4C(=O)c4cc(Cl)ccc4NS(C)(=O)=O)nn23)CC1.CS(=O)(=O)Nc1ccc(Cl)cc1C(=O)N1CCCC[C@H]1c1cc2nc(Cl)cc(Cl)n2n1. The zero-order valence-corrected chi connectivity index (χ0v) is 43.9. The first-order valence-electron chi connectivity index (χ1n) is 23.3. The normalized spacial score (nSPS) is 19.1. The maximum Gasteiger partial charge on any atom is 0.256 e. The van der Waals surface area contributed by atoms with Crippen molar-refractivity contribution in [2.45, 2.75) is 57.0 Å². The number of amides is 2. The summed E-state index contributed by atoms with van der Waals surface area (Å²) in [6, 6.07) is 15.9. The van der Waals surface area contributed by atoms with Crippen molar-refractivity contribution < 1.29 is 26.4 Å². The third-order valence-corrected chi connectivity index (χ3v) is 15.1. The van der Waals surface area contributed by atoms with E-state index >= 15 is 0 Å². The van der Waals surface area contributed by atoms with Crippen LogP contribution in [0.15, 0.2) is 60.7 Å². The van der Waals surface area contributed by atoms with E-state index in [2.05, 4.69) is 47.3 Å². The van der Waals surface area contributed by atoms with Gasteiger partial charge in [0.25, 0.3) is 11.8 Å². The maximum absolute atomic E-state index is 14.0. The van der Waals surface area contributed by atoms with Crippen LogP contribution in [0, 0.1) is 0 Å². The molecule has 2 amide bonds. The smallest absolute Gasteiger partial charge is 0.256 e. The lowest BCUT2D eigenvalue weighted by Gasteiger charge is -2.36. The van der Waals surface area contributed by atoms with E-state index in [4.69, 9.17) is 56.5 Å². The molecule has 4 saturated heterocycles. The Morgan fingerprint density at radius 2 is 1.08 bits per heavy atom. The molecule has 0 bridgehead atoms. The number of anilines is 4. The monoisotopic (exact) mass is 1090 g/mol. The van der Waals surface area contributed by atoms with Crippen molar-refractivity contribution in [1.82, 2.24) is 43.9 Å². The maximum atomic E-state index is 14.0. The third-order valence-electron chi connectivity index (χ3n) is 13.0. The highest BCUT2D eigenvalue weighted by atomic mass is 35.5. The Balaban J connectivity index is 0.000000182. The number of hydrogen-bond donors (Lipinski definition) is 2. The number of likely N-dealkylation sites (N-methyl/N-ethyl adjacent to an activating group) is 1. The summed E-state index contributed by atoms with van der Waals surface area (Å²) in [6.07, 6.45) is 8.25. The molecule has 25 heteroatoms. The van der Waals surface area contributed by atoms with Crippen molar-refractivity contribution >= 4 is 113 Å². The topological polar surface area (TPSA) is 203 Å². The minimum atomic E-state index is -3.59. The van der Waals surface area contributed by atoms with Crippen LogP contribution in [0.1, 0.15) is 89.1 Å². The summed E-state index contributed by atoms with van der Waals surface area (Å²) in [5, 5.41) is 10.8. The highest BCUT2D eigenvalue weighted by molar-refractivity contribution is 7.92. The van der Waals surface area contributed by atoms with E-state index in [0.717, 1.165) is 107 Å². The number of rotatable bonds is 10. The van der Waals surface area contributed by atoms with Gasteiger partial charge in [-0.3, -0.25) is 19.0 Å². The number of nitrogens with zero attached hydrogens (tertiary/aromatic N) is 11. The fraction of sp³-hybridized carbons (Fsp3) is 0.435. The number of fused-ring (bicyclic) bond motifs is 2. The standard InChI is InChI=1S/C27H35ClN8O3S.C19H18Cl3N5O3S/c1-32-12-14-34(15-13-32)26-18-24(33-9-5-10-33)29-25-17-22(30-36(25)26)23-6-3-4-11-35(23)27(37)20-16-19(28)7-8-21(20)31-40(2,38)39;1-31(29,30)25-13-6-5-11(20)8-12(13)19(28)26-7-3-2-4-15(26)14-9-18-23-16(21)10-17(22)27(18)24-14/h7-8,16-18,23,31H,3-6,9-15H2,1-2H3;5-6,8-10,15,25H,2-4,7H2,1H3/t23-;15-/m00/s1. The molecule has 4 aromatic heterocycles. The van der Waals surface area contributed by atoms with Gasteiger partial charge in [0.05, 0.1) is 58.5 Å². The first-order chi connectivity index (χ1) is 33.8. The van der Waals surface area contributed by atoms with E-state index in [1.165, 1.54) is 47.3 Å². The molecular weight excluding hydrogens is 1040 g/mol. The first kappa shape index (κ1) is 50.8. The van der Waals surface area contributed by atoms with E-state index in [-0.39, 0.29) is 51.6 Å². The molecular formula is C46H53Cl4N13O6S2. The lowest BCUT2D eigenvalue weighted by Crippen LogP contribution is -2.45. The lowest BCUT2D eigenvalue weighted by molar-refractivity contribution is 0.0600. The third kappa shape index (κ3) is 11.6. The molecule has 6 aromatic rings. The van der Waals surface area contributed by atoms with E-state index < -0.39 is 20.0 Å². The number of carbonyl (C=O) groups is 2. The van der Waals surface area contributed by atoms with Crippen molar-refractivity contribution in [3.63, 3.8) is 0 Å². The molecule has 4 fully saturated rings. The van der Waals surface area contributed by atoms with Crippen LogP contribution in [0.3, 0.4) is 0 Å². The van der Waals surface area contributed by atoms with Gasteiger partial charge < -0.3 is 24.5 Å². The number of piperidine rings is 2. The Morgan fingerprint density at radius 1 is 0.577 bits per heavy atom. The Labute approximate surface area is 432 Å². The summed E-state index contributed by atoms with van der Waals surface area (Å²) in [5.74, 6) is 1.37. The fourth-order valence-electron chi connectivity index (χ4n) is 9.42. The molecule has 0 saturated carbocycles. The van der Waals surface area contributed by atoms with Gasteiger partial charge in [0.2, 0.25) is 20.0 Å². The molecule has 4 aliphatic heterocycles. The zero-order valence-electron chi connectivity index (χ0n) is 39.2. The van der Waals surface area contributed by atoms with Gasteiger partial charge in [-0.2, -0.15) is 14.7 Å². The van der Waals surface area contributed by atoms with E-state index in [0.29, 0.717) is 46.0 Å². The zero-order chi connectivity index (χ0) is 50.4. The first-order valence-corrected chi connectivity index (χ1v) is 28.6. The van der Waals surface area contributed by atoms with Crippen LogP contribution in [-0.2, 0) is 20.0 Å². The molecule has 2 atom stereocenters. The van der Waals surface area contributed by atoms with Gasteiger partial charge in [0.15, 0.2) is 11.3 Å². The summed E-state index contributed by atoms with van der Waals surface area (Å²) in [5.41, 5.74) is 3.46. The minimum Gasteiger partial charge on any atom is -0.356 e. The molecule has 10 rings (SSSR count). The highest BCUT2D eigenvalue weighted by Gasteiger charge is 2.35. The van der Waals surface area contributed by atoms with Crippen molar-refractivity contribution in [2.75, 3.05) is 91.2 Å². The average Bonchev–Trinajstić information content (AvgIpc) is 3.94. The number of halogens is 4. The molecule has 0 radical (unpaired) electrons. The summed E-state index contributed by atoms with van der Waals surface area (Å²) in [6.45, 7) is 6.80. The number of nitrogens with one attached hydrogen (secondary N) is 2. The second kappa shape index (κ2) is 20.8. The van der Waals surface area contributed by atoms with E-state index in [1.807, 2.05) is 10.6 Å². The van der Waals surface area contributed by atoms with E-state index in [9.17, 15) is 26.4 Å². The highest BCUT2D eigenvalue weighted by Crippen LogP contribution is 2.37. The minimum absolute atomic E-state index is 0.174. The van der Waals surface area contributed by atoms with Crippen molar-refractivity contribution in [1.29, 1.82) is 0 Å². The number of piperazine rings is 1. The van der Waals surface area contributed by atoms with Gasteiger partial charge in [-0.1, -0.05) is 46.4 Å². The van der Waals surface area contributed by atoms with E-state index in [1.54, 1.807) is 21.9 Å². The summed E-state index contributed by atoms with van der Waals surface area (Å²) < 4.78 is 55.8. The molecule has 19 nitrogen and oxygen atoms in total. The largest absolute Gasteiger partial charge is 0.356 e. The Morgan fingerprint density at radius 3 is 1.58 bits per heavy atom.